The van der Waals surface area contributed by atoms with E-state index in [0.717, 1.165) is 29.4 Å². The van der Waals surface area contributed by atoms with Crippen molar-refractivity contribution >= 4 is 16.9 Å². The number of aromatic nitrogens is 1. The zero-order chi connectivity index (χ0) is 18.8. The fourth-order valence-corrected chi connectivity index (χ4v) is 4.02. The highest BCUT2D eigenvalue weighted by molar-refractivity contribution is 5.86. The lowest BCUT2D eigenvalue weighted by Gasteiger charge is -2.21. The van der Waals surface area contributed by atoms with Gasteiger partial charge in [0.2, 0.25) is 5.91 Å². The first-order valence-electron chi connectivity index (χ1n) is 9.90. The van der Waals surface area contributed by atoms with Gasteiger partial charge in [0.15, 0.2) is 5.58 Å². The van der Waals surface area contributed by atoms with Gasteiger partial charge in [-0.05, 0) is 67.9 Å². The third-order valence-corrected chi connectivity index (χ3v) is 5.55. The van der Waals surface area contributed by atoms with Crippen LogP contribution in [-0.4, -0.2) is 11.1 Å². The summed E-state index contributed by atoms with van der Waals surface area (Å²) in [5.74, 6) is -0.0173. The SMILES string of the molecule is CCC(NC(=O)Cc1noc2ccc(C)cc12)c1ccc2c(c1)CCCC2. The van der Waals surface area contributed by atoms with E-state index < -0.39 is 0 Å². The molecule has 0 fully saturated rings. The molecule has 1 aliphatic rings. The monoisotopic (exact) mass is 362 g/mol. The zero-order valence-corrected chi connectivity index (χ0v) is 16.0. The van der Waals surface area contributed by atoms with E-state index in [1.807, 2.05) is 25.1 Å². The van der Waals surface area contributed by atoms with Crippen LogP contribution in [0.3, 0.4) is 0 Å². The predicted octanol–water partition coefficient (Wildman–Crippen LogP) is 4.83. The molecule has 3 aromatic rings. The maximum Gasteiger partial charge on any atom is 0.226 e. The Morgan fingerprint density at radius 2 is 1.96 bits per heavy atom. The number of aryl methyl sites for hydroxylation is 3. The van der Waals surface area contributed by atoms with E-state index in [1.165, 1.54) is 36.0 Å². The molecule has 0 saturated carbocycles. The molecule has 0 spiro atoms. The Morgan fingerprint density at radius 3 is 2.78 bits per heavy atom. The summed E-state index contributed by atoms with van der Waals surface area (Å²) in [5, 5.41) is 8.21. The quantitative estimate of drug-likeness (QED) is 0.707. The first-order valence-corrected chi connectivity index (χ1v) is 9.90. The van der Waals surface area contributed by atoms with Gasteiger partial charge in [-0.15, -0.1) is 0 Å². The van der Waals surface area contributed by atoms with Crippen LogP contribution in [0, 0.1) is 6.92 Å². The van der Waals surface area contributed by atoms with Gasteiger partial charge in [-0.2, -0.15) is 0 Å². The summed E-state index contributed by atoms with van der Waals surface area (Å²) in [5.41, 5.74) is 6.68. The van der Waals surface area contributed by atoms with Crippen LogP contribution < -0.4 is 5.32 Å². The van der Waals surface area contributed by atoms with Gasteiger partial charge in [0.05, 0.1) is 12.5 Å². The van der Waals surface area contributed by atoms with Gasteiger partial charge in [-0.25, -0.2) is 0 Å². The highest BCUT2D eigenvalue weighted by Gasteiger charge is 2.18. The molecule has 0 radical (unpaired) electrons. The van der Waals surface area contributed by atoms with Gasteiger partial charge >= 0.3 is 0 Å². The van der Waals surface area contributed by atoms with Crippen molar-refractivity contribution in [1.29, 1.82) is 0 Å². The summed E-state index contributed by atoms with van der Waals surface area (Å²) in [7, 11) is 0. The van der Waals surface area contributed by atoms with Crippen LogP contribution in [0.15, 0.2) is 40.9 Å². The Balaban J connectivity index is 1.49. The van der Waals surface area contributed by atoms with Gasteiger partial charge in [0.1, 0.15) is 5.69 Å². The van der Waals surface area contributed by atoms with E-state index in [9.17, 15) is 4.79 Å². The lowest BCUT2D eigenvalue weighted by atomic mass is 9.89. The number of amides is 1. The van der Waals surface area contributed by atoms with Gasteiger partial charge in [0.25, 0.3) is 0 Å². The molecule has 1 aliphatic carbocycles. The second-order valence-corrected chi connectivity index (χ2v) is 7.57. The third-order valence-electron chi connectivity index (χ3n) is 5.55. The lowest BCUT2D eigenvalue weighted by molar-refractivity contribution is -0.121. The molecule has 4 nitrogen and oxygen atoms in total. The fraction of sp³-hybridized carbons (Fsp3) is 0.391. The lowest BCUT2D eigenvalue weighted by Crippen LogP contribution is -2.29. The van der Waals surface area contributed by atoms with Crippen molar-refractivity contribution in [2.75, 3.05) is 0 Å². The largest absolute Gasteiger partial charge is 0.356 e. The number of rotatable bonds is 5. The first-order chi connectivity index (χ1) is 13.1. The molecule has 1 aromatic heterocycles. The van der Waals surface area contributed by atoms with Crippen molar-refractivity contribution in [1.82, 2.24) is 10.5 Å². The molecule has 1 unspecified atom stereocenters. The molecule has 1 atom stereocenters. The molecule has 0 aliphatic heterocycles. The number of fused-ring (bicyclic) bond motifs is 2. The van der Waals surface area contributed by atoms with E-state index >= 15 is 0 Å². The van der Waals surface area contributed by atoms with Crippen LogP contribution in [0.1, 0.15) is 60.2 Å². The number of nitrogens with zero attached hydrogens (tertiary/aromatic N) is 1. The summed E-state index contributed by atoms with van der Waals surface area (Å²) in [6.07, 6.45) is 5.97. The maximum atomic E-state index is 12.7. The minimum absolute atomic E-state index is 0.0173. The number of hydrogen-bond acceptors (Lipinski definition) is 3. The van der Waals surface area contributed by atoms with Gasteiger partial charge in [-0.3, -0.25) is 4.79 Å². The topological polar surface area (TPSA) is 55.1 Å². The molecule has 1 N–H and O–H groups in total. The molecule has 140 valence electrons. The van der Waals surface area contributed by atoms with Crippen molar-refractivity contribution in [3.05, 3.63) is 64.3 Å². The molecule has 27 heavy (non-hydrogen) atoms. The molecule has 4 heteroatoms. The Hall–Kier alpha value is -2.62. The second kappa shape index (κ2) is 7.55. The molecule has 4 rings (SSSR count). The molecular formula is C23H26N2O2. The van der Waals surface area contributed by atoms with E-state index in [0.29, 0.717) is 5.69 Å². The van der Waals surface area contributed by atoms with E-state index in [4.69, 9.17) is 4.52 Å². The zero-order valence-electron chi connectivity index (χ0n) is 16.0. The highest BCUT2D eigenvalue weighted by atomic mass is 16.5. The standard InChI is InChI=1S/C23H26N2O2/c1-3-20(18-10-9-16-6-4-5-7-17(16)13-18)24-23(26)14-21-19-12-15(2)8-11-22(19)27-25-21/h8-13,20H,3-7,14H2,1-2H3,(H,24,26). The van der Waals surface area contributed by atoms with E-state index in [1.54, 1.807) is 0 Å². The number of nitrogens with one attached hydrogen (secondary N) is 1. The Morgan fingerprint density at radius 1 is 1.15 bits per heavy atom. The summed E-state index contributed by atoms with van der Waals surface area (Å²) >= 11 is 0. The minimum Gasteiger partial charge on any atom is -0.356 e. The van der Waals surface area contributed by atoms with E-state index in [2.05, 4.69) is 35.6 Å². The average molecular weight is 362 g/mol. The van der Waals surface area contributed by atoms with Gasteiger partial charge in [-0.1, -0.05) is 41.9 Å². The number of benzene rings is 2. The van der Waals surface area contributed by atoms with Crippen LogP contribution in [-0.2, 0) is 24.1 Å². The third kappa shape index (κ3) is 3.75. The van der Waals surface area contributed by atoms with Crippen LogP contribution >= 0.6 is 0 Å². The highest BCUT2D eigenvalue weighted by Crippen LogP contribution is 2.26. The predicted molar refractivity (Wildman–Crippen MR) is 107 cm³/mol. The van der Waals surface area contributed by atoms with Gasteiger partial charge < -0.3 is 9.84 Å². The summed E-state index contributed by atoms with van der Waals surface area (Å²) in [4.78, 5) is 12.7. The second-order valence-electron chi connectivity index (χ2n) is 7.57. The van der Waals surface area contributed by atoms with Crippen molar-refractivity contribution in [3.8, 4) is 0 Å². The number of carbonyl (C=O) groups is 1. The number of hydrogen-bond donors (Lipinski definition) is 1. The van der Waals surface area contributed by atoms with Crippen LogP contribution in [0.4, 0.5) is 0 Å². The molecule has 0 saturated heterocycles. The van der Waals surface area contributed by atoms with Crippen molar-refractivity contribution in [2.24, 2.45) is 0 Å². The average Bonchev–Trinajstić information content (AvgIpc) is 3.07. The fourth-order valence-electron chi connectivity index (χ4n) is 4.02. The molecular weight excluding hydrogens is 336 g/mol. The first kappa shape index (κ1) is 17.8. The maximum absolute atomic E-state index is 12.7. The summed E-state index contributed by atoms with van der Waals surface area (Å²) in [6, 6.07) is 12.7. The smallest absolute Gasteiger partial charge is 0.226 e. The Bertz CT molecular complexity index is 974. The molecule has 2 aromatic carbocycles. The van der Waals surface area contributed by atoms with Crippen LogP contribution in [0.2, 0.25) is 0 Å². The van der Waals surface area contributed by atoms with Crippen molar-refractivity contribution in [2.45, 2.75) is 58.4 Å². The normalized spacial score (nSPS) is 14.7. The molecule has 1 heterocycles. The van der Waals surface area contributed by atoms with Crippen LogP contribution in [0.25, 0.3) is 11.0 Å². The van der Waals surface area contributed by atoms with Crippen molar-refractivity contribution in [3.63, 3.8) is 0 Å². The molecule has 0 bridgehead atoms. The summed E-state index contributed by atoms with van der Waals surface area (Å²) in [6.45, 7) is 4.14. The summed E-state index contributed by atoms with van der Waals surface area (Å²) < 4.78 is 5.35. The number of carbonyl (C=O) groups excluding carboxylic acids is 1. The Labute approximate surface area is 159 Å². The minimum atomic E-state index is -0.0173. The Kier molecular flexibility index (Phi) is 4.97. The van der Waals surface area contributed by atoms with Gasteiger partial charge in [0, 0.05) is 5.39 Å². The van der Waals surface area contributed by atoms with Crippen LogP contribution in [0.5, 0.6) is 0 Å². The van der Waals surface area contributed by atoms with Crippen molar-refractivity contribution < 1.29 is 9.32 Å². The molecule has 1 amide bonds. The van der Waals surface area contributed by atoms with E-state index in [-0.39, 0.29) is 18.4 Å².